The smallest absolute Gasteiger partial charge is 0.262 e. The molecule has 13 heteroatoms. The quantitative estimate of drug-likeness (QED) is 0.281. The second kappa shape index (κ2) is 13.4. The van der Waals surface area contributed by atoms with Crippen LogP contribution in [0.1, 0.15) is 83.6 Å². The first kappa shape index (κ1) is 36.6. The van der Waals surface area contributed by atoms with E-state index in [4.69, 9.17) is 16.3 Å². The number of piperidine rings is 1. The predicted molar refractivity (Wildman–Crippen MR) is 205 cm³/mol. The third-order valence-corrected chi connectivity index (χ3v) is 12.6. The standard InChI is InChI=1S/C42H43ClN6O6/c1-41(2)39(42(3,4)40(41)55-29-11-7-26(18-44)32(43)17-29)46-35(51)25-5-8-27(9-6-25)47-19-23(20-47)15-24-21-48(22-24)28-10-12-30-31(16-28)38(54)49(37(30)53)33-13-14-34(50)45-36(33)52/h5-12,16-17,23-24,33,39-40H,13-15,19-22H2,1-4H3,(H,46,51)(H,45,50,52)/t33?,39-,40-. The number of halogens is 1. The van der Waals surface area contributed by atoms with Crippen LogP contribution in [0.15, 0.2) is 60.7 Å². The van der Waals surface area contributed by atoms with Gasteiger partial charge in [0.05, 0.1) is 21.7 Å². The molecule has 0 bridgehead atoms. The summed E-state index contributed by atoms with van der Waals surface area (Å²) in [5.41, 5.74) is 2.85. The summed E-state index contributed by atoms with van der Waals surface area (Å²) >= 11 is 6.24. The van der Waals surface area contributed by atoms with Gasteiger partial charge in [0.1, 0.15) is 24.0 Å². The monoisotopic (exact) mass is 762 g/mol. The molecule has 1 unspecified atom stereocenters. The van der Waals surface area contributed by atoms with E-state index in [1.807, 2.05) is 30.3 Å². The molecule has 12 nitrogen and oxygen atoms in total. The van der Waals surface area contributed by atoms with Crippen molar-refractivity contribution in [1.29, 1.82) is 5.26 Å². The number of amides is 5. The topological polar surface area (TPSA) is 152 Å². The lowest BCUT2D eigenvalue weighted by Crippen LogP contribution is -2.74. The maximum atomic E-state index is 13.4. The average molecular weight is 763 g/mol. The van der Waals surface area contributed by atoms with Gasteiger partial charge in [-0.2, -0.15) is 5.26 Å². The molecule has 4 fully saturated rings. The Morgan fingerprint density at radius 1 is 0.873 bits per heavy atom. The van der Waals surface area contributed by atoms with Gasteiger partial charge in [0.15, 0.2) is 0 Å². The molecule has 0 radical (unpaired) electrons. The summed E-state index contributed by atoms with van der Waals surface area (Å²) in [7, 11) is 0. The Morgan fingerprint density at radius 2 is 1.49 bits per heavy atom. The van der Waals surface area contributed by atoms with Crippen LogP contribution in [-0.2, 0) is 9.59 Å². The van der Waals surface area contributed by atoms with E-state index in [9.17, 15) is 29.2 Å². The zero-order valence-electron chi connectivity index (χ0n) is 31.2. The summed E-state index contributed by atoms with van der Waals surface area (Å²) < 4.78 is 6.36. The number of nitrogens with zero attached hydrogens (tertiary/aromatic N) is 4. The molecule has 0 spiro atoms. The normalized spacial score (nSPS) is 24.3. The number of benzene rings is 3. The Labute approximate surface area is 324 Å². The third kappa shape index (κ3) is 6.28. The molecule has 5 aliphatic rings. The molecule has 1 saturated carbocycles. The third-order valence-electron chi connectivity index (χ3n) is 12.3. The number of fused-ring (bicyclic) bond motifs is 1. The van der Waals surface area contributed by atoms with Gasteiger partial charge in [-0.15, -0.1) is 0 Å². The minimum atomic E-state index is -0.974. The second-order valence-electron chi connectivity index (χ2n) is 16.8. The average Bonchev–Trinajstić information content (AvgIpc) is 3.36. The molecule has 3 aromatic carbocycles. The molecule has 8 rings (SSSR count). The van der Waals surface area contributed by atoms with Gasteiger partial charge >= 0.3 is 0 Å². The molecule has 4 heterocycles. The van der Waals surface area contributed by atoms with Crippen LogP contribution in [0.5, 0.6) is 5.75 Å². The fourth-order valence-electron chi connectivity index (χ4n) is 9.62. The van der Waals surface area contributed by atoms with Gasteiger partial charge in [0.2, 0.25) is 11.8 Å². The SMILES string of the molecule is CC1(C)[C@H](NC(=O)c2ccc(N3CC(CC4CN(c5ccc6c(c5)C(=O)N(C5CCC(=O)NC5=O)C6=O)C4)C3)cc2)C(C)(C)[C@H]1Oc1ccc(C#N)c(Cl)c1. The lowest BCUT2D eigenvalue weighted by atomic mass is 9.49. The first-order valence-electron chi connectivity index (χ1n) is 18.8. The molecule has 1 aliphatic carbocycles. The maximum absolute atomic E-state index is 13.4. The van der Waals surface area contributed by atoms with Gasteiger partial charge in [-0.25, -0.2) is 0 Å². The fourth-order valence-corrected chi connectivity index (χ4v) is 9.83. The van der Waals surface area contributed by atoms with Crippen molar-refractivity contribution in [2.75, 3.05) is 36.0 Å². The summed E-state index contributed by atoms with van der Waals surface area (Å²) in [6.45, 7) is 12.0. The van der Waals surface area contributed by atoms with Crippen molar-refractivity contribution in [1.82, 2.24) is 15.5 Å². The molecule has 0 aromatic heterocycles. The number of nitriles is 1. The molecule has 1 atom stereocenters. The van der Waals surface area contributed by atoms with Gasteiger partial charge in [-0.3, -0.25) is 34.2 Å². The molecule has 3 saturated heterocycles. The molecule has 3 aromatic rings. The number of rotatable bonds is 9. The lowest BCUT2D eigenvalue weighted by Gasteiger charge is -2.63. The van der Waals surface area contributed by atoms with Crippen molar-refractivity contribution in [2.45, 2.75) is 65.1 Å². The van der Waals surface area contributed by atoms with Crippen LogP contribution in [0.3, 0.4) is 0 Å². The van der Waals surface area contributed by atoms with E-state index in [0.29, 0.717) is 39.3 Å². The van der Waals surface area contributed by atoms with Crippen molar-refractivity contribution in [2.24, 2.45) is 22.7 Å². The van der Waals surface area contributed by atoms with Gasteiger partial charge in [0.25, 0.3) is 17.7 Å². The summed E-state index contributed by atoms with van der Waals surface area (Å²) in [6.07, 6.45) is 1.13. The maximum Gasteiger partial charge on any atom is 0.262 e. The molecule has 5 amide bonds. The summed E-state index contributed by atoms with van der Waals surface area (Å²) in [5, 5.41) is 15.0. The molecular weight excluding hydrogens is 720 g/mol. The largest absolute Gasteiger partial charge is 0.489 e. The summed E-state index contributed by atoms with van der Waals surface area (Å²) in [5.74, 6) is -0.439. The molecule has 2 N–H and O–H groups in total. The molecule has 284 valence electrons. The first-order chi connectivity index (χ1) is 26.1. The zero-order chi connectivity index (χ0) is 39.0. The highest BCUT2D eigenvalue weighted by atomic mass is 35.5. The van der Waals surface area contributed by atoms with Crippen molar-refractivity contribution >= 4 is 52.5 Å². The van der Waals surface area contributed by atoms with Crippen LogP contribution in [-0.4, -0.2) is 78.8 Å². The lowest BCUT2D eigenvalue weighted by molar-refractivity contribution is -0.164. The number of imide groups is 2. The Kier molecular flexibility index (Phi) is 8.91. The van der Waals surface area contributed by atoms with Gasteiger partial charge in [0, 0.05) is 72.5 Å². The van der Waals surface area contributed by atoms with Crippen molar-refractivity contribution in [3.63, 3.8) is 0 Å². The highest BCUT2D eigenvalue weighted by molar-refractivity contribution is 6.31. The van der Waals surface area contributed by atoms with E-state index >= 15 is 0 Å². The number of hydrogen-bond donors (Lipinski definition) is 2. The highest BCUT2D eigenvalue weighted by Gasteiger charge is 2.64. The second-order valence-corrected chi connectivity index (χ2v) is 17.2. The van der Waals surface area contributed by atoms with Gasteiger partial charge in [-0.1, -0.05) is 39.3 Å². The highest BCUT2D eigenvalue weighted by Crippen LogP contribution is 2.55. The number of nitrogens with one attached hydrogen (secondary N) is 2. The minimum absolute atomic E-state index is 0.0885. The Balaban J connectivity index is 0.798. The number of anilines is 2. The van der Waals surface area contributed by atoms with E-state index in [-0.39, 0.29) is 47.3 Å². The molecular formula is C42H43ClN6O6. The van der Waals surface area contributed by atoms with E-state index in [1.165, 1.54) is 0 Å². The Bertz CT molecular complexity index is 2150. The molecule has 4 aliphatic heterocycles. The predicted octanol–water partition coefficient (Wildman–Crippen LogP) is 5.19. The van der Waals surface area contributed by atoms with E-state index in [2.05, 4.69) is 54.2 Å². The Morgan fingerprint density at radius 3 is 2.11 bits per heavy atom. The van der Waals surface area contributed by atoms with E-state index in [0.717, 1.165) is 48.9 Å². The van der Waals surface area contributed by atoms with Crippen LogP contribution < -0.4 is 25.2 Å². The number of hydrogen-bond acceptors (Lipinski definition) is 9. The Hall–Kier alpha value is -5.41. The van der Waals surface area contributed by atoms with Gasteiger partial charge in [-0.05, 0) is 79.3 Å². The number of carbonyl (C=O) groups excluding carboxylic acids is 5. The van der Waals surface area contributed by atoms with Crippen LogP contribution in [0, 0.1) is 34.0 Å². The number of carbonyl (C=O) groups is 5. The van der Waals surface area contributed by atoms with Crippen LogP contribution in [0.2, 0.25) is 5.02 Å². The van der Waals surface area contributed by atoms with Crippen LogP contribution >= 0.6 is 11.6 Å². The first-order valence-corrected chi connectivity index (χ1v) is 19.2. The summed E-state index contributed by atoms with van der Waals surface area (Å²) in [6, 6.07) is 19.1. The van der Waals surface area contributed by atoms with E-state index in [1.54, 1.807) is 30.3 Å². The van der Waals surface area contributed by atoms with Crippen molar-refractivity contribution in [3.05, 3.63) is 87.9 Å². The van der Waals surface area contributed by atoms with Crippen molar-refractivity contribution in [3.8, 4) is 11.8 Å². The number of ether oxygens (including phenoxy) is 1. The molecule has 55 heavy (non-hydrogen) atoms. The van der Waals surface area contributed by atoms with Crippen molar-refractivity contribution < 1.29 is 28.7 Å². The fraction of sp³-hybridized carbons (Fsp3) is 0.429. The van der Waals surface area contributed by atoms with Gasteiger partial charge < -0.3 is 19.9 Å². The van der Waals surface area contributed by atoms with E-state index < -0.39 is 29.7 Å². The zero-order valence-corrected chi connectivity index (χ0v) is 32.0. The van der Waals surface area contributed by atoms with Crippen LogP contribution in [0.25, 0.3) is 0 Å². The summed E-state index contributed by atoms with van der Waals surface area (Å²) in [4.78, 5) is 69.2. The minimum Gasteiger partial charge on any atom is -0.489 e. The van der Waals surface area contributed by atoms with Crippen LogP contribution in [0.4, 0.5) is 11.4 Å².